The van der Waals surface area contributed by atoms with Crippen LogP contribution in [-0.2, 0) is 6.54 Å². The van der Waals surface area contributed by atoms with Gasteiger partial charge in [-0.25, -0.2) is 9.67 Å². The van der Waals surface area contributed by atoms with Crippen molar-refractivity contribution in [3.8, 4) is 0 Å². The van der Waals surface area contributed by atoms with E-state index in [9.17, 15) is 4.79 Å². The van der Waals surface area contributed by atoms with Gasteiger partial charge in [0.25, 0.3) is 5.91 Å². The number of hydrogen-bond acceptors (Lipinski definition) is 4. The first-order valence-corrected chi connectivity index (χ1v) is 8.00. The Hall–Kier alpha value is -2.21. The average molecular weight is 315 g/mol. The van der Waals surface area contributed by atoms with E-state index in [-0.39, 0.29) is 5.91 Å². The van der Waals surface area contributed by atoms with Gasteiger partial charge in [0.05, 0.1) is 6.54 Å². The second kappa shape index (κ2) is 8.43. The predicted octanol–water partition coefficient (Wildman–Crippen LogP) is 1.79. The number of nitrogens with one attached hydrogen (secondary N) is 1. The molecular formula is C17H25N5O. The molecule has 1 N–H and O–H groups in total. The maximum absolute atomic E-state index is 12.1. The van der Waals surface area contributed by atoms with Crippen LogP contribution in [0.5, 0.6) is 0 Å². The highest BCUT2D eigenvalue weighted by molar-refractivity contribution is 5.94. The molecule has 0 radical (unpaired) electrons. The van der Waals surface area contributed by atoms with Gasteiger partial charge in [-0.15, -0.1) is 0 Å². The molecule has 1 aromatic heterocycles. The largest absolute Gasteiger partial charge is 0.351 e. The van der Waals surface area contributed by atoms with E-state index in [1.807, 2.05) is 24.3 Å². The summed E-state index contributed by atoms with van der Waals surface area (Å²) in [5.41, 5.74) is 1.77. The predicted molar refractivity (Wildman–Crippen MR) is 90.3 cm³/mol. The van der Waals surface area contributed by atoms with Crippen LogP contribution in [0.4, 0.5) is 0 Å². The summed E-state index contributed by atoms with van der Waals surface area (Å²) in [7, 11) is 2.08. The van der Waals surface area contributed by atoms with Gasteiger partial charge in [-0.1, -0.05) is 19.1 Å². The number of nitrogens with zero attached hydrogens (tertiary/aromatic N) is 4. The fourth-order valence-corrected chi connectivity index (χ4v) is 2.24. The quantitative estimate of drug-likeness (QED) is 0.806. The summed E-state index contributed by atoms with van der Waals surface area (Å²) < 4.78 is 1.75. The van der Waals surface area contributed by atoms with Crippen LogP contribution in [0.3, 0.4) is 0 Å². The number of hydrogen-bond donors (Lipinski definition) is 1. The molecule has 1 amide bonds. The third-order valence-electron chi connectivity index (χ3n) is 4.12. The first-order chi connectivity index (χ1) is 11.1. The molecule has 0 aliphatic heterocycles. The Balaban J connectivity index is 1.81. The summed E-state index contributed by atoms with van der Waals surface area (Å²) in [5.74, 6) is -0.0325. The molecule has 0 saturated heterocycles. The highest BCUT2D eigenvalue weighted by atomic mass is 16.1. The van der Waals surface area contributed by atoms with Crippen molar-refractivity contribution in [1.82, 2.24) is 25.0 Å². The Morgan fingerprint density at radius 1 is 1.35 bits per heavy atom. The SMILES string of the molecule is CC[C@H](C)N(C)CCNC(=O)c1ccc(Cn2cncn2)cc1. The van der Waals surface area contributed by atoms with Gasteiger partial charge in [0.1, 0.15) is 12.7 Å². The van der Waals surface area contributed by atoms with Crippen molar-refractivity contribution in [3.63, 3.8) is 0 Å². The molecule has 0 aliphatic rings. The maximum Gasteiger partial charge on any atom is 0.251 e. The van der Waals surface area contributed by atoms with Gasteiger partial charge in [0.2, 0.25) is 0 Å². The van der Waals surface area contributed by atoms with Crippen molar-refractivity contribution < 1.29 is 4.79 Å². The standard InChI is InChI=1S/C17H25N5O/c1-4-14(2)21(3)10-9-19-17(23)16-7-5-15(6-8-16)11-22-13-18-12-20-22/h5-8,12-14H,4,9-11H2,1-3H3,(H,19,23)/t14-/m0/s1. The van der Waals surface area contributed by atoms with Crippen molar-refractivity contribution >= 4 is 5.91 Å². The number of amides is 1. The zero-order chi connectivity index (χ0) is 16.7. The van der Waals surface area contributed by atoms with Crippen LogP contribution in [0.2, 0.25) is 0 Å². The molecule has 124 valence electrons. The Morgan fingerprint density at radius 3 is 2.70 bits per heavy atom. The first-order valence-electron chi connectivity index (χ1n) is 8.00. The third-order valence-corrected chi connectivity index (χ3v) is 4.12. The fourth-order valence-electron chi connectivity index (χ4n) is 2.24. The number of benzene rings is 1. The average Bonchev–Trinajstić information content (AvgIpc) is 3.07. The van der Waals surface area contributed by atoms with Crippen LogP contribution in [0.1, 0.15) is 36.2 Å². The molecule has 0 bridgehead atoms. The van der Waals surface area contributed by atoms with Crippen LogP contribution in [0, 0.1) is 0 Å². The lowest BCUT2D eigenvalue weighted by molar-refractivity contribution is 0.0947. The van der Waals surface area contributed by atoms with E-state index in [0.29, 0.717) is 24.7 Å². The third kappa shape index (κ3) is 5.17. The summed E-state index contributed by atoms with van der Waals surface area (Å²) in [4.78, 5) is 18.3. The molecule has 0 unspecified atom stereocenters. The van der Waals surface area contributed by atoms with Gasteiger partial charge >= 0.3 is 0 Å². The number of aromatic nitrogens is 3. The first kappa shape index (κ1) is 17.1. The summed E-state index contributed by atoms with van der Waals surface area (Å²) in [6, 6.07) is 8.12. The zero-order valence-electron chi connectivity index (χ0n) is 14.1. The second-order valence-corrected chi connectivity index (χ2v) is 5.78. The highest BCUT2D eigenvalue weighted by Gasteiger charge is 2.08. The molecule has 6 nitrogen and oxygen atoms in total. The summed E-state index contributed by atoms with van der Waals surface area (Å²) in [6.07, 6.45) is 4.30. The van der Waals surface area contributed by atoms with Gasteiger partial charge in [-0.05, 0) is 38.1 Å². The number of likely N-dealkylation sites (N-methyl/N-ethyl adjacent to an activating group) is 1. The molecular weight excluding hydrogens is 290 g/mol. The van der Waals surface area contributed by atoms with Crippen molar-refractivity contribution in [2.75, 3.05) is 20.1 Å². The van der Waals surface area contributed by atoms with Gasteiger partial charge in [-0.3, -0.25) is 4.79 Å². The minimum atomic E-state index is -0.0325. The Bertz CT molecular complexity index is 594. The van der Waals surface area contributed by atoms with Crippen LogP contribution in [0.25, 0.3) is 0 Å². The van der Waals surface area contributed by atoms with E-state index in [2.05, 4.69) is 41.2 Å². The lowest BCUT2D eigenvalue weighted by Crippen LogP contribution is -2.37. The highest BCUT2D eigenvalue weighted by Crippen LogP contribution is 2.06. The van der Waals surface area contributed by atoms with E-state index in [4.69, 9.17) is 0 Å². The smallest absolute Gasteiger partial charge is 0.251 e. The zero-order valence-corrected chi connectivity index (χ0v) is 14.1. The van der Waals surface area contributed by atoms with E-state index < -0.39 is 0 Å². The van der Waals surface area contributed by atoms with Crippen LogP contribution < -0.4 is 5.32 Å². The van der Waals surface area contributed by atoms with E-state index in [1.54, 1.807) is 11.0 Å². The molecule has 1 atom stereocenters. The second-order valence-electron chi connectivity index (χ2n) is 5.78. The van der Waals surface area contributed by atoms with Crippen LogP contribution in [-0.4, -0.2) is 51.8 Å². The van der Waals surface area contributed by atoms with Crippen molar-refractivity contribution in [2.24, 2.45) is 0 Å². The Kier molecular flexibility index (Phi) is 6.29. The van der Waals surface area contributed by atoms with E-state index in [0.717, 1.165) is 18.5 Å². The fraction of sp³-hybridized carbons (Fsp3) is 0.471. The molecule has 2 rings (SSSR count). The van der Waals surface area contributed by atoms with Crippen molar-refractivity contribution in [1.29, 1.82) is 0 Å². The van der Waals surface area contributed by atoms with Crippen molar-refractivity contribution in [2.45, 2.75) is 32.9 Å². The molecule has 0 saturated carbocycles. The van der Waals surface area contributed by atoms with Gasteiger partial charge in [0.15, 0.2) is 0 Å². The summed E-state index contributed by atoms with van der Waals surface area (Å²) in [6.45, 7) is 6.52. The monoisotopic (exact) mass is 315 g/mol. The van der Waals surface area contributed by atoms with Crippen LogP contribution >= 0.6 is 0 Å². The van der Waals surface area contributed by atoms with Gasteiger partial charge < -0.3 is 10.2 Å². The molecule has 2 aromatic rings. The van der Waals surface area contributed by atoms with E-state index in [1.165, 1.54) is 6.33 Å². The molecule has 1 aromatic carbocycles. The van der Waals surface area contributed by atoms with Gasteiger partial charge in [0, 0.05) is 24.7 Å². The Morgan fingerprint density at radius 2 is 2.09 bits per heavy atom. The summed E-state index contributed by atoms with van der Waals surface area (Å²) in [5, 5.41) is 7.03. The molecule has 6 heteroatoms. The maximum atomic E-state index is 12.1. The lowest BCUT2D eigenvalue weighted by Gasteiger charge is -2.23. The summed E-state index contributed by atoms with van der Waals surface area (Å²) >= 11 is 0. The van der Waals surface area contributed by atoms with Crippen molar-refractivity contribution in [3.05, 3.63) is 48.0 Å². The Labute approximate surface area is 137 Å². The number of carbonyl (C=O) groups excluding carboxylic acids is 1. The molecule has 0 aliphatic carbocycles. The molecule has 23 heavy (non-hydrogen) atoms. The molecule has 1 heterocycles. The molecule has 0 spiro atoms. The number of rotatable bonds is 8. The number of carbonyl (C=O) groups is 1. The minimum absolute atomic E-state index is 0.0325. The minimum Gasteiger partial charge on any atom is -0.351 e. The van der Waals surface area contributed by atoms with E-state index >= 15 is 0 Å². The molecule has 0 fully saturated rings. The van der Waals surface area contributed by atoms with Crippen LogP contribution in [0.15, 0.2) is 36.9 Å². The van der Waals surface area contributed by atoms with Gasteiger partial charge in [-0.2, -0.15) is 5.10 Å². The lowest BCUT2D eigenvalue weighted by atomic mass is 10.1. The topological polar surface area (TPSA) is 63.1 Å². The normalized spacial score (nSPS) is 12.3.